The number of nitrogens with two attached hydrogens (primary N) is 1. The van der Waals surface area contributed by atoms with Gasteiger partial charge in [0.15, 0.2) is 0 Å². The SMILES string of the molecule is COc1ccc(S(=O)(=O)N2CCC(N)CC2)c(OC)c1. The second kappa shape index (κ2) is 5.99. The largest absolute Gasteiger partial charge is 0.497 e. The van der Waals surface area contributed by atoms with E-state index in [0.717, 1.165) is 0 Å². The predicted molar refractivity (Wildman–Crippen MR) is 75.5 cm³/mol. The number of benzene rings is 1. The number of nitrogens with zero attached hydrogens (tertiary/aromatic N) is 1. The molecule has 1 aliphatic heterocycles. The molecule has 0 radical (unpaired) electrons. The van der Waals surface area contributed by atoms with E-state index < -0.39 is 10.0 Å². The van der Waals surface area contributed by atoms with E-state index in [9.17, 15) is 8.42 Å². The number of sulfonamides is 1. The normalized spacial score (nSPS) is 17.9. The molecule has 1 aromatic carbocycles. The van der Waals surface area contributed by atoms with E-state index in [2.05, 4.69) is 0 Å². The van der Waals surface area contributed by atoms with Crippen LogP contribution in [0.4, 0.5) is 0 Å². The van der Waals surface area contributed by atoms with Crippen LogP contribution < -0.4 is 15.2 Å². The third-order valence-corrected chi connectivity index (χ3v) is 5.43. The van der Waals surface area contributed by atoms with Gasteiger partial charge in [0.1, 0.15) is 16.4 Å². The van der Waals surface area contributed by atoms with Gasteiger partial charge in [0.05, 0.1) is 14.2 Å². The molecule has 20 heavy (non-hydrogen) atoms. The first-order valence-electron chi connectivity index (χ1n) is 6.47. The second-order valence-electron chi connectivity index (χ2n) is 4.76. The first-order chi connectivity index (χ1) is 9.48. The zero-order valence-corrected chi connectivity index (χ0v) is 12.5. The van der Waals surface area contributed by atoms with Gasteiger partial charge in [-0.15, -0.1) is 0 Å². The highest BCUT2D eigenvalue weighted by atomic mass is 32.2. The summed E-state index contributed by atoms with van der Waals surface area (Å²) in [5.41, 5.74) is 5.81. The van der Waals surface area contributed by atoms with Crippen LogP contribution in [0.15, 0.2) is 23.1 Å². The molecular weight excluding hydrogens is 280 g/mol. The highest BCUT2D eigenvalue weighted by Gasteiger charge is 2.30. The first-order valence-corrected chi connectivity index (χ1v) is 7.91. The van der Waals surface area contributed by atoms with Crippen molar-refractivity contribution in [2.75, 3.05) is 27.3 Å². The van der Waals surface area contributed by atoms with Crippen LogP contribution in [0, 0.1) is 0 Å². The van der Waals surface area contributed by atoms with E-state index in [1.165, 1.54) is 24.6 Å². The average Bonchev–Trinajstić information content (AvgIpc) is 2.46. The molecule has 0 atom stereocenters. The number of hydrogen-bond acceptors (Lipinski definition) is 5. The fourth-order valence-electron chi connectivity index (χ4n) is 2.24. The predicted octanol–water partition coefficient (Wildman–Crippen LogP) is 0.816. The number of rotatable bonds is 4. The maximum atomic E-state index is 12.6. The lowest BCUT2D eigenvalue weighted by molar-refractivity contribution is 0.317. The van der Waals surface area contributed by atoms with Gasteiger partial charge >= 0.3 is 0 Å². The Bertz CT molecular complexity index is 566. The molecule has 0 unspecified atom stereocenters. The maximum Gasteiger partial charge on any atom is 0.246 e. The summed E-state index contributed by atoms with van der Waals surface area (Å²) in [7, 11) is -0.589. The fourth-order valence-corrected chi connectivity index (χ4v) is 3.85. The van der Waals surface area contributed by atoms with Crippen molar-refractivity contribution in [3.05, 3.63) is 18.2 Å². The molecule has 0 saturated carbocycles. The molecule has 1 aromatic rings. The lowest BCUT2D eigenvalue weighted by Gasteiger charge is -2.29. The van der Waals surface area contributed by atoms with Crippen molar-refractivity contribution in [3.63, 3.8) is 0 Å². The Morgan fingerprint density at radius 1 is 1.20 bits per heavy atom. The molecule has 0 spiro atoms. The summed E-state index contributed by atoms with van der Waals surface area (Å²) in [6.07, 6.45) is 1.36. The topological polar surface area (TPSA) is 81.9 Å². The minimum atomic E-state index is -3.56. The summed E-state index contributed by atoms with van der Waals surface area (Å²) in [5, 5.41) is 0. The van der Waals surface area contributed by atoms with Gasteiger partial charge in [-0.25, -0.2) is 8.42 Å². The summed E-state index contributed by atoms with van der Waals surface area (Å²) >= 11 is 0. The molecule has 0 amide bonds. The second-order valence-corrected chi connectivity index (χ2v) is 6.66. The summed E-state index contributed by atoms with van der Waals surface area (Å²) in [5.74, 6) is 0.848. The van der Waals surface area contributed by atoms with Gasteiger partial charge < -0.3 is 15.2 Å². The molecule has 6 nitrogen and oxygen atoms in total. The average molecular weight is 300 g/mol. The molecule has 1 aliphatic rings. The summed E-state index contributed by atoms with van der Waals surface area (Å²) in [4.78, 5) is 0.163. The number of hydrogen-bond donors (Lipinski definition) is 1. The lowest BCUT2D eigenvalue weighted by atomic mass is 10.1. The van der Waals surface area contributed by atoms with Gasteiger partial charge in [-0.05, 0) is 25.0 Å². The Kier molecular flexibility index (Phi) is 4.52. The molecule has 1 heterocycles. The first kappa shape index (κ1) is 15.1. The van der Waals surface area contributed by atoms with Crippen LogP contribution in [0.3, 0.4) is 0 Å². The monoisotopic (exact) mass is 300 g/mol. The van der Waals surface area contributed by atoms with Crippen molar-refractivity contribution in [3.8, 4) is 11.5 Å². The van der Waals surface area contributed by atoms with Gasteiger partial charge in [-0.1, -0.05) is 0 Å². The number of methoxy groups -OCH3 is 2. The van der Waals surface area contributed by atoms with Gasteiger partial charge in [-0.2, -0.15) is 4.31 Å². The standard InChI is InChI=1S/C13H20N2O4S/c1-18-11-3-4-13(12(9-11)19-2)20(16,17)15-7-5-10(14)6-8-15/h3-4,9-10H,5-8,14H2,1-2H3. The van der Waals surface area contributed by atoms with Crippen LogP contribution in [0.25, 0.3) is 0 Å². The molecule has 1 fully saturated rings. The van der Waals surface area contributed by atoms with Crippen molar-refractivity contribution in [1.82, 2.24) is 4.31 Å². The molecule has 7 heteroatoms. The molecule has 1 saturated heterocycles. The molecule has 0 aromatic heterocycles. The molecule has 112 valence electrons. The minimum Gasteiger partial charge on any atom is -0.497 e. The van der Waals surface area contributed by atoms with Crippen LogP contribution in [0.1, 0.15) is 12.8 Å². The van der Waals surface area contributed by atoms with Crippen LogP contribution >= 0.6 is 0 Å². The molecule has 0 bridgehead atoms. The van der Waals surface area contributed by atoms with Crippen LogP contribution in [0.5, 0.6) is 11.5 Å². The van der Waals surface area contributed by atoms with Gasteiger partial charge in [0.2, 0.25) is 10.0 Å². The Balaban J connectivity index is 2.34. The van der Waals surface area contributed by atoms with Crippen LogP contribution in [0.2, 0.25) is 0 Å². The number of ether oxygens (including phenoxy) is 2. The van der Waals surface area contributed by atoms with Crippen LogP contribution in [-0.4, -0.2) is 46.1 Å². The van der Waals surface area contributed by atoms with E-state index in [-0.39, 0.29) is 10.9 Å². The maximum absolute atomic E-state index is 12.6. The Labute approximate surface area is 119 Å². The molecule has 0 aliphatic carbocycles. The lowest BCUT2D eigenvalue weighted by Crippen LogP contribution is -2.42. The van der Waals surface area contributed by atoms with E-state index >= 15 is 0 Å². The van der Waals surface area contributed by atoms with Crippen LogP contribution in [-0.2, 0) is 10.0 Å². The fraction of sp³-hybridized carbons (Fsp3) is 0.538. The third kappa shape index (κ3) is 2.89. The summed E-state index contributed by atoms with van der Waals surface area (Å²) in [6, 6.07) is 4.79. The quantitative estimate of drug-likeness (QED) is 0.890. The Hall–Kier alpha value is -1.31. The smallest absolute Gasteiger partial charge is 0.246 e. The van der Waals surface area contributed by atoms with Crippen molar-refractivity contribution >= 4 is 10.0 Å². The van der Waals surface area contributed by atoms with Crippen molar-refractivity contribution < 1.29 is 17.9 Å². The van der Waals surface area contributed by atoms with Gasteiger partial charge in [0.25, 0.3) is 0 Å². The molecule has 2 N–H and O–H groups in total. The highest BCUT2D eigenvalue weighted by molar-refractivity contribution is 7.89. The van der Waals surface area contributed by atoms with E-state index in [1.807, 2.05) is 0 Å². The Morgan fingerprint density at radius 3 is 2.40 bits per heavy atom. The van der Waals surface area contributed by atoms with E-state index in [1.54, 1.807) is 12.1 Å². The Morgan fingerprint density at radius 2 is 1.85 bits per heavy atom. The minimum absolute atomic E-state index is 0.0826. The summed E-state index contributed by atoms with van der Waals surface area (Å²) in [6.45, 7) is 0.886. The van der Waals surface area contributed by atoms with E-state index in [4.69, 9.17) is 15.2 Å². The highest BCUT2D eigenvalue weighted by Crippen LogP contribution is 2.31. The van der Waals surface area contributed by atoms with Crippen molar-refractivity contribution in [1.29, 1.82) is 0 Å². The van der Waals surface area contributed by atoms with Crippen molar-refractivity contribution in [2.45, 2.75) is 23.8 Å². The third-order valence-electron chi connectivity index (χ3n) is 3.49. The molecule has 2 rings (SSSR count). The van der Waals surface area contributed by atoms with Gasteiger partial charge in [0, 0.05) is 25.2 Å². The zero-order valence-electron chi connectivity index (χ0n) is 11.7. The number of piperidine rings is 1. The van der Waals surface area contributed by atoms with Crippen molar-refractivity contribution in [2.24, 2.45) is 5.73 Å². The molecular formula is C13H20N2O4S. The summed E-state index contributed by atoms with van der Waals surface area (Å²) < 4.78 is 37.0. The van der Waals surface area contributed by atoms with E-state index in [0.29, 0.717) is 37.4 Å². The van der Waals surface area contributed by atoms with Gasteiger partial charge in [-0.3, -0.25) is 0 Å². The zero-order chi connectivity index (χ0) is 14.8.